The van der Waals surface area contributed by atoms with E-state index in [2.05, 4.69) is 0 Å². The second-order valence-electron chi connectivity index (χ2n) is 3.23. The summed E-state index contributed by atoms with van der Waals surface area (Å²) in [5.41, 5.74) is 1.76. The predicted octanol–water partition coefficient (Wildman–Crippen LogP) is 3.37. The molecule has 0 atom stereocenters. The largest absolute Gasteiger partial charge is 0.478 e. The number of hydrogen-bond donors (Lipinski definition) is 1. The van der Waals surface area contributed by atoms with Crippen LogP contribution in [0.15, 0.2) is 46.1 Å². The first-order chi connectivity index (χ1) is 7.72. The topological polar surface area (TPSA) is 50.4 Å². The highest BCUT2D eigenvalue weighted by molar-refractivity contribution is 7.98. The van der Waals surface area contributed by atoms with Crippen LogP contribution in [0.1, 0.15) is 10.4 Å². The van der Waals surface area contributed by atoms with Crippen LogP contribution >= 0.6 is 11.8 Å². The van der Waals surface area contributed by atoms with E-state index in [1.165, 1.54) is 18.0 Å². The molecule has 0 aliphatic rings. The molecule has 82 valence electrons. The van der Waals surface area contributed by atoms with Crippen LogP contribution in [0.4, 0.5) is 0 Å². The molecule has 0 amide bonds. The molecular weight excluding hydrogens is 224 g/mol. The van der Waals surface area contributed by atoms with E-state index in [1.54, 1.807) is 24.5 Å². The van der Waals surface area contributed by atoms with Gasteiger partial charge in [-0.15, -0.1) is 11.8 Å². The van der Waals surface area contributed by atoms with Crippen LogP contribution in [0.2, 0.25) is 0 Å². The molecule has 1 heterocycles. The predicted molar refractivity (Wildman–Crippen MR) is 62.9 cm³/mol. The van der Waals surface area contributed by atoms with Crippen molar-refractivity contribution in [1.82, 2.24) is 0 Å². The molecular formula is C12H10O3S. The second kappa shape index (κ2) is 4.45. The van der Waals surface area contributed by atoms with Gasteiger partial charge in [0.05, 0.1) is 18.1 Å². The second-order valence-corrected chi connectivity index (χ2v) is 4.11. The van der Waals surface area contributed by atoms with Gasteiger partial charge in [0.15, 0.2) is 0 Å². The van der Waals surface area contributed by atoms with E-state index < -0.39 is 5.97 Å². The molecule has 1 N–H and O–H groups in total. The zero-order chi connectivity index (χ0) is 11.5. The summed E-state index contributed by atoms with van der Waals surface area (Å²) in [7, 11) is 0. The van der Waals surface area contributed by atoms with Crippen LogP contribution < -0.4 is 0 Å². The number of benzene rings is 1. The average molecular weight is 234 g/mol. The smallest absolute Gasteiger partial charge is 0.336 e. The summed E-state index contributed by atoms with van der Waals surface area (Å²) >= 11 is 1.52. The third-order valence-corrected chi connectivity index (χ3v) is 3.01. The first kappa shape index (κ1) is 10.8. The highest BCUT2D eigenvalue weighted by Crippen LogP contribution is 2.28. The number of carboxylic acids is 1. The molecule has 0 saturated heterocycles. The molecule has 0 fully saturated rings. The number of aromatic carboxylic acids is 1. The van der Waals surface area contributed by atoms with Gasteiger partial charge in [-0.05, 0) is 30.0 Å². The van der Waals surface area contributed by atoms with Crippen LogP contribution in [0.5, 0.6) is 0 Å². The van der Waals surface area contributed by atoms with Crippen molar-refractivity contribution in [2.45, 2.75) is 4.90 Å². The summed E-state index contributed by atoms with van der Waals surface area (Å²) < 4.78 is 4.96. The number of carboxylic acid groups (broad SMARTS) is 1. The average Bonchev–Trinajstić information content (AvgIpc) is 2.81. The molecule has 4 heteroatoms. The van der Waals surface area contributed by atoms with Crippen molar-refractivity contribution < 1.29 is 14.3 Å². The standard InChI is InChI=1S/C12H10O3S/c1-16-9-2-3-10(8-4-5-15-7-8)11(6-9)12(13)14/h2-7H,1H3,(H,13,14). The van der Waals surface area contributed by atoms with Gasteiger partial charge < -0.3 is 9.52 Å². The quantitative estimate of drug-likeness (QED) is 0.827. The lowest BCUT2D eigenvalue weighted by atomic mass is 10.0. The van der Waals surface area contributed by atoms with Gasteiger partial charge in [0, 0.05) is 10.5 Å². The Hall–Kier alpha value is -1.68. The van der Waals surface area contributed by atoms with Crippen LogP contribution in [0.25, 0.3) is 11.1 Å². The van der Waals surface area contributed by atoms with E-state index in [9.17, 15) is 4.79 Å². The fraction of sp³-hybridized carbons (Fsp3) is 0.0833. The Morgan fingerprint density at radius 2 is 2.19 bits per heavy atom. The van der Waals surface area contributed by atoms with Gasteiger partial charge >= 0.3 is 5.97 Å². The molecule has 0 radical (unpaired) electrons. The van der Waals surface area contributed by atoms with E-state index in [-0.39, 0.29) is 0 Å². The molecule has 2 rings (SSSR count). The Morgan fingerprint density at radius 3 is 2.75 bits per heavy atom. The fourth-order valence-electron chi connectivity index (χ4n) is 1.50. The monoisotopic (exact) mass is 234 g/mol. The highest BCUT2D eigenvalue weighted by atomic mass is 32.2. The molecule has 16 heavy (non-hydrogen) atoms. The minimum atomic E-state index is -0.924. The molecule has 1 aromatic heterocycles. The molecule has 2 aromatic rings. The first-order valence-electron chi connectivity index (χ1n) is 4.66. The Kier molecular flexibility index (Phi) is 3.01. The maximum absolute atomic E-state index is 11.1. The van der Waals surface area contributed by atoms with Gasteiger partial charge in [-0.3, -0.25) is 0 Å². The van der Waals surface area contributed by atoms with Gasteiger partial charge in [0.25, 0.3) is 0 Å². The van der Waals surface area contributed by atoms with E-state index in [4.69, 9.17) is 9.52 Å². The summed E-state index contributed by atoms with van der Waals surface area (Å²) in [5, 5.41) is 9.14. The van der Waals surface area contributed by atoms with Gasteiger partial charge in [0.1, 0.15) is 0 Å². The Balaban J connectivity index is 2.57. The van der Waals surface area contributed by atoms with Crippen LogP contribution in [0, 0.1) is 0 Å². The number of thioether (sulfide) groups is 1. The normalized spacial score (nSPS) is 10.3. The highest BCUT2D eigenvalue weighted by Gasteiger charge is 2.13. The van der Waals surface area contributed by atoms with Crippen molar-refractivity contribution in [2.75, 3.05) is 6.26 Å². The van der Waals surface area contributed by atoms with Crippen molar-refractivity contribution in [3.63, 3.8) is 0 Å². The van der Waals surface area contributed by atoms with Gasteiger partial charge in [-0.25, -0.2) is 4.79 Å². The fourth-order valence-corrected chi connectivity index (χ4v) is 1.94. The minimum Gasteiger partial charge on any atom is -0.478 e. The summed E-state index contributed by atoms with van der Waals surface area (Å²) in [6.07, 6.45) is 4.99. The van der Waals surface area contributed by atoms with Crippen LogP contribution in [-0.2, 0) is 0 Å². The molecule has 0 spiro atoms. The zero-order valence-corrected chi connectivity index (χ0v) is 9.45. The summed E-state index contributed by atoms with van der Waals surface area (Å²) in [5.74, 6) is -0.924. The molecule has 0 bridgehead atoms. The van der Waals surface area contributed by atoms with Crippen LogP contribution in [0.3, 0.4) is 0 Å². The number of rotatable bonds is 3. The lowest BCUT2D eigenvalue weighted by Crippen LogP contribution is -1.99. The van der Waals surface area contributed by atoms with Crippen LogP contribution in [-0.4, -0.2) is 17.3 Å². The lowest BCUT2D eigenvalue weighted by molar-refractivity contribution is 0.0697. The molecule has 0 aliphatic heterocycles. The zero-order valence-electron chi connectivity index (χ0n) is 8.64. The SMILES string of the molecule is CSc1ccc(-c2ccoc2)c(C(=O)O)c1. The van der Waals surface area contributed by atoms with Gasteiger partial charge in [0.2, 0.25) is 0 Å². The molecule has 0 aliphatic carbocycles. The molecule has 0 unspecified atom stereocenters. The van der Waals surface area contributed by atoms with Crippen molar-refractivity contribution in [3.8, 4) is 11.1 Å². The van der Waals surface area contributed by atoms with E-state index in [0.717, 1.165) is 10.5 Å². The van der Waals surface area contributed by atoms with E-state index in [0.29, 0.717) is 11.1 Å². The maximum atomic E-state index is 11.1. The third-order valence-electron chi connectivity index (χ3n) is 2.29. The Labute approximate surface area is 97.1 Å². The van der Waals surface area contributed by atoms with Crippen molar-refractivity contribution in [1.29, 1.82) is 0 Å². The van der Waals surface area contributed by atoms with E-state index in [1.807, 2.05) is 12.3 Å². The first-order valence-corrected chi connectivity index (χ1v) is 5.88. The molecule has 1 aromatic carbocycles. The number of hydrogen-bond acceptors (Lipinski definition) is 3. The van der Waals surface area contributed by atoms with Crippen molar-refractivity contribution >= 4 is 17.7 Å². The number of carbonyl (C=O) groups is 1. The number of furan rings is 1. The third kappa shape index (κ3) is 1.97. The van der Waals surface area contributed by atoms with Gasteiger partial charge in [-0.1, -0.05) is 6.07 Å². The summed E-state index contributed by atoms with van der Waals surface area (Å²) in [6, 6.07) is 7.13. The summed E-state index contributed by atoms with van der Waals surface area (Å²) in [6.45, 7) is 0. The van der Waals surface area contributed by atoms with Crippen molar-refractivity contribution in [3.05, 3.63) is 42.4 Å². The minimum absolute atomic E-state index is 0.299. The molecule has 3 nitrogen and oxygen atoms in total. The summed E-state index contributed by atoms with van der Waals surface area (Å²) in [4.78, 5) is 12.1. The Bertz CT molecular complexity index is 503. The lowest BCUT2D eigenvalue weighted by Gasteiger charge is -2.05. The van der Waals surface area contributed by atoms with E-state index >= 15 is 0 Å². The maximum Gasteiger partial charge on any atom is 0.336 e. The Morgan fingerprint density at radius 1 is 1.38 bits per heavy atom. The molecule has 0 saturated carbocycles. The van der Waals surface area contributed by atoms with Gasteiger partial charge in [-0.2, -0.15) is 0 Å². The van der Waals surface area contributed by atoms with Crippen molar-refractivity contribution in [2.24, 2.45) is 0 Å².